The number of piperidine rings is 1. The lowest BCUT2D eigenvalue weighted by Gasteiger charge is -2.45. The van der Waals surface area contributed by atoms with Gasteiger partial charge in [0, 0.05) is 19.6 Å². The van der Waals surface area contributed by atoms with E-state index >= 15 is 0 Å². The van der Waals surface area contributed by atoms with Crippen LogP contribution >= 0.6 is 0 Å². The lowest BCUT2D eigenvalue weighted by atomic mass is 9.99. The zero-order valence-corrected chi connectivity index (χ0v) is 13.8. The number of nitrogens with zero attached hydrogens (tertiary/aromatic N) is 5. The summed E-state index contributed by atoms with van der Waals surface area (Å²) in [6, 6.07) is 0.0987. The fourth-order valence-electron chi connectivity index (χ4n) is 3.09. The Bertz CT molecular complexity index is 550. The number of hydrogen-bond acceptors (Lipinski definition) is 5. The Morgan fingerprint density at radius 2 is 2.14 bits per heavy atom. The van der Waals surface area contributed by atoms with Gasteiger partial charge in [-0.1, -0.05) is 0 Å². The number of likely N-dealkylation sites (N-methyl/N-ethyl adjacent to an activating group) is 1. The molecule has 122 valence electrons. The van der Waals surface area contributed by atoms with Crippen LogP contribution in [0.5, 0.6) is 0 Å². The number of amides is 1. The molecule has 1 aromatic rings. The van der Waals surface area contributed by atoms with Crippen molar-refractivity contribution in [3.63, 3.8) is 0 Å². The van der Waals surface area contributed by atoms with E-state index < -0.39 is 0 Å². The van der Waals surface area contributed by atoms with Gasteiger partial charge in [-0.3, -0.25) is 4.79 Å². The molecule has 0 spiro atoms. The summed E-state index contributed by atoms with van der Waals surface area (Å²) in [5.41, 5.74) is -0.176. The van der Waals surface area contributed by atoms with Crippen molar-refractivity contribution >= 4 is 5.91 Å². The Kier molecular flexibility index (Phi) is 3.94. The van der Waals surface area contributed by atoms with Crippen LogP contribution in [0.15, 0.2) is 6.33 Å². The van der Waals surface area contributed by atoms with Crippen LogP contribution in [0.1, 0.15) is 37.8 Å². The van der Waals surface area contributed by atoms with Crippen LogP contribution in [-0.4, -0.2) is 75.9 Å². The number of ether oxygens (including phenoxy) is 1. The minimum Gasteiger partial charge on any atom is -0.374 e. The SMILES string of the molecule is CN1CC[C@H]2OCCN(C(=O)c3ncn(C(C)(C)C)n3)[C@H]2C1. The summed E-state index contributed by atoms with van der Waals surface area (Å²) in [5, 5.41) is 4.37. The predicted molar refractivity (Wildman–Crippen MR) is 81.7 cm³/mol. The largest absolute Gasteiger partial charge is 0.374 e. The van der Waals surface area contributed by atoms with Crippen LogP contribution in [0.2, 0.25) is 0 Å². The molecular formula is C15H25N5O2. The van der Waals surface area contributed by atoms with E-state index in [1.54, 1.807) is 11.0 Å². The van der Waals surface area contributed by atoms with Crippen molar-refractivity contribution in [3.05, 3.63) is 12.2 Å². The van der Waals surface area contributed by atoms with Crippen LogP contribution < -0.4 is 0 Å². The molecule has 0 saturated carbocycles. The molecular weight excluding hydrogens is 282 g/mol. The van der Waals surface area contributed by atoms with Crippen LogP contribution in [-0.2, 0) is 10.3 Å². The Morgan fingerprint density at radius 3 is 2.82 bits per heavy atom. The molecule has 2 atom stereocenters. The standard InChI is InChI=1S/C15H25N5O2/c1-15(2,3)20-10-16-13(17-20)14(21)19-7-8-22-12-5-6-18(4)9-11(12)19/h10-12H,5-9H2,1-4H3/t11-,12+/m0/s1. The molecule has 3 heterocycles. The molecule has 2 aliphatic heterocycles. The molecule has 0 N–H and O–H groups in total. The highest BCUT2D eigenvalue weighted by atomic mass is 16.5. The minimum absolute atomic E-state index is 0.0865. The van der Waals surface area contributed by atoms with Crippen molar-refractivity contribution in [2.24, 2.45) is 0 Å². The predicted octanol–water partition coefficient (Wildman–Crippen LogP) is 0.578. The molecule has 1 amide bonds. The summed E-state index contributed by atoms with van der Waals surface area (Å²) < 4.78 is 7.58. The molecule has 3 rings (SSSR count). The van der Waals surface area contributed by atoms with Gasteiger partial charge in [0.05, 0.1) is 24.3 Å². The third-order valence-corrected chi connectivity index (χ3v) is 4.42. The molecule has 0 unspecified atom stereocenters. The van der Waals surface area contributed by atoms with Crippen LogP contribution in [0.25, 0.3) is 0 Å². The first-order valence-electron chi connectivity index (χ1n) is 7.89. The first kappa shape index (κ1) is 15.4. The van der Waals surface area contributed by atoms with Crippen LogP contribution in [0.4, 0.5) is 0 Å². The number of fused-ring (bicyclic) bond motifs is 1. The van der Waals surface area contributed by atoms with Gasteiger partial charge in [0.1, 0.15) is 6.33 Å². The number of rotatable bonds is 1. The maximum atomic E-state index is 12.8. The van der Waals surface area contributed by atoms with Gasteiger partial charge in [0.15, 0.2) is 0 Å². The topological polar surface area (TPSA) is 63.5 Å². The smallest absolute Gasteiger partial charge is 0.293 e. The highest BCUT2D eigenvalue weighted by molar-refractivity contribution is 5.90. The maximum absolute atomic E-state index is 12.8. The van der Waals surface area contributed by atoms with Crippen molar-refractivity contribution in [2.45, 2.75) is 44.9 Å². The Balaban J connectivity index is 1.80. The third-order valence-electron chi connectivity index (χ3n) is 4.42. The second-order valence-corrected chi connectivity index (χ2v) is 7.21. The Hall–Kier alpha value is -1.47. The summed E-state index contributed by atoms with van der Waals surface area (Å²) in [7, 11) is 2.08. The van der Waals surface area contributed by atoms with Crippen LogP contribution in [0.3, 0.4) is 0 Å². The van der Waals surface area contributed by atoms with Gasteiger partial charge in [-0.15, -0.1) is 5.10 Å². The van der Waals surface area contributed by atoms with E-state index in [1.807, 2.05) is 25.7 Å². The van der Waals surface area contributed by atoms with Crippen LogP contribution in [0, 0.1) is 0 Å². The summed E-state index contributed by atoms with van der Waals surface area (Å²) in [6.45, 7) is 9.18. The highest BCUT2D eigenvalue weighted by Gasteiger charge is 2.39. The van der Waals surface area contributed by atoms with E-state index in [0.29, 0.717) is 13.2 Å². The lowest BCUT2D eigenvalue weighted by Crippen LogP contribution is -2.60. The van der Waals surface area contributed by atoms with E-state index in [4.69, 9.17) is 4.74 Å². The van der Waals surface area contributed by atoms with E-state index in [0.717, 1.165) is 19.5 Å². The van der Waals surface area contributed by atoms with E-state index in [-0.39, 0.29) is 29.4 Å². The molecule has 2 aliphatic rings. The molecule has 0 aliphatic carbocycles. The van der Waals surface area contributed by atoms with Gasteiger partial charge < -0.3 is 14.5 Å². The zero-order valence-electron chi connectivity index (χ0n) is 13.8. The van der Waals surface area contributed by atoms with Gasteiger partial charge >= 0.3 is 0 Å². The molecule has 0 radical (unpaired) electrons. The van der Waals surface area contributed by atoms with Gasteiger partial charge in [-0.2, -0.15) is 0 Å². The maximum Gasteiger partial charge on any atom is 0.293 e. The van der Waals surface area contributed by atoms with E-state index in [9.17, 15) is 4.79 Å². The first-order valence-corrected chi connectivity index (χ1v) is 7.89. The number of morpholine rings is 1. The van der Waals surface area contributed by atoms with Gasteiger partial charge in [0.2, 0.25) is 5.82 Å². The monoisotopic (exact) mass is 307 g/mol. The molecule has 22 heavy (non-hydrogen) atoms. The van der Waals surface area contributed by atoms with Gasteiger partial charge in [0.25, 0.3) is 5.91 Å². The van der Waals surface area contributed by atoms with Crippen molar-refractivity contribution in [1.82, 2.24) is 24.6 Å². The van der Waals surface area contributed by atoms with Gasteiger partial charge in [-0.25, -0.2) is 9.67 Å². The average Bonchev–Trinajstić information content (AvgIpc) is 2.95. The minimum atomic E-state index is -0.176. The third kappa shape index (κ3) is 2.87. The first-order chi connectivity index (χ1) is 10.4. The van der Waals surface area contributed by atoms with Crippen molar-refractivity contribution < 1.29 is 9.53 Å². The molecule has 0 bridgehead atoms. The number of carbonyl (C=O) groups is 1. The summed E-state index contributed by atoms with van der Waals surface area (Å²) >= 11 is 0. The number of aromatic nitrogens is 3. The Labute approximate surface area is 131 Å². The van der Waals surface area contributed by atoms with Crippen molar-refractivity contribution in [3.8, 4) is 0 Å². The molecule has 7 heteroatoms. The number of hydrogen-bond donors (Lipinski definition) is 0. The summed E-state index contributed by atoms with van der Waals surface area (Å²) in [5.74, 6) is 0.195. The summed E-state index contributed by atoms with van der Waals surface area (Å²) in [6.07, 6.45) is 2.74. The van der Waals surface area contributed by atoms with E-state index in [2.05, 4.69) is 22.0 Å². The number of likely N-dealkylation sites (tertiary alicyclic amines) is 1. The molecule has 0 aromatic carbocycles. The van der Waals surface area contributed by atoms with Crippen molar-refractivity contribution in [2.75, 3.05) is 33.3 Å². The highest BCUT2D eigenvalue weighted by Crippen LogP contribution is 2.23. The quantitative estimate of drug-likeness (QED) is 0.759. The zero-order chi connectivity index (χ0) is 15.9. The van der Waals surface area contributed by atoms with Gasteiger partial charge in [-0.05, 0) is 34.2 Å². The molecule has 1 aromatic heterocycles. The summed E-state index contributed by atoms with van der Waals surface area (Å²) in [4.78, 5) is 21.2. The second-order valence-electron chi connectivity index (χ2n) is 7.21. The Morgan fingerprint density at radius 1 is 1.36 bits per heavy atom. The second kappa shape index (κ2) is 5.62. The van der Waals surface area contributed by atoms with E-state index in [1.165, 1.54) is 0 Å². The molecule has 7 nitrogen and oxygen atoms in total. The molecule has 2 saturated heterocycles. The lowest BCUT2D eigenvalue weighted by molar-refractivity contribution is -0.0872. The molecule has 2 fully saturated rings. The fourth-order valence-corrected chi connectivity index (χ4v) is 3.09. The normalized spacial score (nSPS) is 26.8. The number of carbonyl (C=O) groups excluding carboxylic acids is 1. The average molecular weight is 307 g/mol. The van der Waals surface area contributed by atoms with Crippen molar-refractivity contribution in [1.29, 1.82) is 0 Å². The fraction of sp³-hybridized carbons (Fsp3) is 0.800.